The summed E-state index contributed by atoms with van der Waals surface area (Å²) in [4.78, 5) is 40.6. The highest BCUT2D eigenvalue weighted by molar-refractivity contribution is 5.98. The second-order valence-corrected chi connectivity index (χ2v) is 11.4. The number of para-hydroxylation sites is 1. The lowest BCUT2D eigenvalue weighted by molar-refractivity contribution is -0.230. The number of benzene rings is 1. The van der Waals surface area contributed by atoms with Gasteiger partial charge in [0.1, 0.15) is 23.5 Å². The second-order valence-electron chi connectivity index (χ2n) is 11.4. The Kier molecular flexibility index (Phi) is 6.08. The quantitative estimate of drug-likeness (QED) is 0.206. The summed E-state index contributed by atoms with van der Waals surface area (Å²) in [6.45, 7) is 4.50. The van der Waals surface area contributed by atoms with Crippen LogP contribution in [-0.2, 0) is 5.41 Å². The Labute approximate surface area is 235 Å². The number of carbonyl (C=O) groups excluding carboxylic acids is 2. The van der Waals surface area contributed by atoms with Crippen LogP contribution in [0.1, 0.15) is 46.7 Å². The topological polar surface area (TPSA) is 213 Å². The van der Waals surface area contributed by atoms with Crippen molar-refractivity contribution in [3.63, 3.8) is 0 Å². The molecule has 4 aliphatic heterocycles. The molecule has 0 aliphatic carbocycles. The number of hydrogen-bond acceptors (Lipinski definition) is 12. The number of nitrogens with zero attached hydrogens (tertiary/aromatic N) is 4. The largest absolute Gasteiger partial charge is 0.492 e. The molecule has 4 atom stereocenters. The molecular weight excluding hydrogens is 530 g/mol. The van der Waals surface area contributed by atoms with Crippen molar-refractivity contribution in [2.75, 3.05) is 19.7 Å². The third kappa shape index (κ3) is 4.04. The predicted octanol–water partition coefficient (Wildman–Crippen LogP) is -1.65. The maximum atomic E-state index is 13.6. The molecule has 1 saturated heterocycles. The Morgan fingerprint density at radius 3 is 2.71 bits per heavy atom. The van der Waals surface area contributed by atoms with Gasteiger partial charge in [-0.2, -0.15) is 0 Å². The summed E-state index contributed by atoms with van der Waals surface area (Å²) in [5.74, 6) is -3.19. The summed E-state index contributed by atoms with van der Waals surface area (Å²) in [5.41, 5.74) is 11.9. The summed E-state index contributed by atoms with van der Waals surface area (Å²) < 4.78 is 5.89. The summed E-state index contributed by atoms with van der Waals surface area (Å²) in [6.07, 6.45) is 2.31. The van der Waals surface area contributed by atoms with Gasteiger partial charge in [0.05, 0.1) is 18.2 Å². The molecule has 2 amide bonds. The Morgan fingerprint density at radius 1 is 1.15 bits per heavy atom. The Morgan fingerprint density at radius 2 is 1.95 bits per heavy atom. The first kappa shape index (κ1) is 26.8. The van der Waals surface area contributed by atoms with E-state index in [1.807, 2.05) is 6.07 Å². The van der Waals surface area contributed by atoms with Crippen LogP contribution in [0, 0.1) is 0 Å². The van der Waals surface area contributed by atoms with Crippen molar-refractivity contribution in [3.8, 4) is 5.75 Å². The van der Waals surface area contributed by atoms with Gasteiger partial charge in [-0.15, -0.1) is 0 Å². The zero-order valence-corrected chi connectivity index (χ0v) is 22.7. The molecule has 41 heavy (non-hydrogen) atoms. The zero-order chi connectivity index (χ0) is 29.2. The fourth-order valence-electron chi connectivity index (χ4n) is 6.22. The van der Waals surface area contributed by atoms with Gasteiger partial charge in [-0.25, -0.2) is 9.98 Å². The molecule has 1 aromatic carbocycles. The van der Waals surface area contributed by atoms with E-state index in [-0.39, 0.29) is 41.7 Å². The molecule has 9 N–H and O–H groups in total. The smallest absolute Gasteiger partial charge is 0.269 e. The van der Waals surface area contributed by atoms with Crippen molar-refractivity contribution in [1.29, 1.82) is 0 Å². The number of pyridine rings is 1. The van der Waals surface area contributed by atoms with Crippen LogP contribution in [0.2, 0.25) is 0 Å². The number of amides is 2. The highest BCUT2D eigenvalue weighted by atomic mass is 16.5. The van der Waals surface area contributed by atoms with Crippen LogP contribution in [0.4, 0.5) is 0 Å². The lowest BCUT2D eigenvalue weighted by Crippen LogP contribution is -2.78. The van der Waals surface area contributed by atoms with E-state index in [9.17, 15) is 19.8 Å². The van der Waals surface area contributed by atoms with Crippen molar-refractivity contribution in [3.05, 3.63) is 59.4 Å². The molecule has 5 heterocycles. The van der Waals surface area contributed by atoms with Crippen LogP contribution in [0.25, 0.3) is 0 Å². The standard InChI is InChI=1S/C27H33N9O5/c1-25(2)9-11-41-19-14(6-5-7-15(19)25)21(37)33-18-13-36-24(29)32-17(12-31-22(38)16-8-3-4-10-30-16)20-26(36,27(18,39)40)35-23(28)34-20/h3-8,10,17-18,20,39-40H,9,11-13H2,1-2H3,(H2,29,32)(H,31,38)(H,33,37)(H3,28,34,35)/t17-,18?,20-,26-/m0/s1. The van der Waals surface area contributed by atoms with Crippen LogP contribution in [0.15, 0.2) is 52.6 Å². The molecule has 1 unspecified atom stereocenters. The SMILES string of the molecule is CC1(C)CCOc2c(C(=O)NC3CN4C(N)=N[C@@H](CNC(=O)c5ccccn5)[C@@H]5N=C(N)N[C@@]54C3(O)O)cccc21. The van der Waals surface area contributed by atoms with Crippen molar-refractivity contribution in [2.24, 2.45) is 21.5 Å². The van der Waals surface area contributed by atoms with Gasteiger partial charge in [0, 0.05) is 24.8 Å². The number of aliphatic imine (C=N–C) groups is 2. The summed E-state index contributed by atoms with van der Waals surface area (Å²) in [7, 11) is 0. The van der Waals surface area contributed by atoms with Crippen molar-refractivity contribution < 1.29 is 24.5 Å². The van der Waals surface area contributed by atoms with Gasteiger partial charge in [0.2, 0.25) is 5.79 Å². The molecule has 6 rings (SSSR count). The predicted molar refractivity (Wildman–Crippen MR) is 148 cm³/mol. The van der Waals surface area contributed by atoms with E-state index in [2.05, 4.69) is 44.8 Å². The summed E-state index contributed by atoms with van der Waals surface area (Å²) in [6, 6.07) is 7.30. The summed E-state index contributed by atoms with van der Waals surface area (Å²) in [5, 5.41) is 31.8. The molecule has 14 heteroatoms. The fourth-order valence-corrected chi connectivity index (χ4v) is 6.22. The molecule has 1 fully saturated rings. The Hall–Kier alpha value is -4.43. The maximum Gasteiger partial charge on any atom is 0.269 e. The number of fused-ring (bicyclic) bond motifs is 1. The molecule has 2 aromatic rings. The van der Waals surface area contributed by atoms with E-state index in [0.29, 0.717) is 12.4 Å². The number of nitrogens with one attached hydrogen (secondary N) is 3. The van der Waals surface area contributed by atoms with Gasteiger partial charge in [-0.05, 0) is 30.0 Å². The molecular formula is C27H33N9O5. The zero-order valence-electron chi connectivity index (χ0n) is 22.7. The first-order chi connectivity index (χ1) is 19.5. The molecule has 1 spiro atoms. The minimum absolute atomic E-state index is 0.0258. The third-order valence-electron chi connectivity index (χ3n) is 8.44. The molecule has 0 saturated carbocycles. The molecule has 0 radical (unpaired) electrons. The number of nitrogens with two attached hydrogens (primary N) is 2. The molecule has 14 nitrogen and oxygen atoms in total. The first-order valence-electron chi connectivity index (χ1n) is 13.4. The molecule has 216 valence electrons. The average Bonchev–Trinajstić information content (AvgIpc) is 3.41. The van der Waals surface area contributed by atoms with Crippen molar-refractivity contribution in [2.45, 2.75) is 55.3 Å². The van der Waals surface area contributed by atoms with Crippen LogP contribution in [-0.4, -0.2) is 93.1 Å². The number of hydrogen-bond donors (Lipinski definition) is 7. The maximum absolute atomic E-state index is 13.6. The second kappa shape index (κ2) is 9.31. The van der Waals surface area contributed by atoms with Crippen LogP contribution >= 0.6 is 0 Å². The molecule has 0 bridgehead atoms. The minimum atomic E-state index is -2.61. The highest BCUT2D eigenvalue weighted by Crippen LogP contribution is 2.45. The third-order valence-corrected chi connectivity index (χ3v) is 8.44. The van der Waals surface area contributed by atoms with E-state index < -0.39 is 41.4 Å². The lowest BCUT2D eigenvalue weighted by atomic mass is 9.79. The van der Waals surface area contributed by atoms with E-state index >= 15 is 0 Å². The van der Waals surface area contributed by atoms with Gasteiger partial charge in [-0.1, -0.05) is 32.0 Å². The van der Waals surface area contributed by atoms with E-state index in [4.69, 9.17) is 16.2 Å². The number of rotatable bonds is 5. The Bertz CT molecular complexity index is 1460. The van der Waals surface area contributed by atoms with Gasteiger partial charge in [0.15, 0.2) is 17.6 Å². The van der Waals surface area contributed by atoms with Gasteiger partial charge in [0.25, 0.3) is 11.8 Å². The normalized spacial score (nSPS) is 28.6. The fraction of sp³-hybridized carbons (Fsp3) is 0.444. The number of aliphatic hydroxyl groups is 2. The van der Waals surface area contributed by atoms with E-state index in [1.165, 1.54) is 11.1 Å². The number of ether oxygens (including phenoxy) is 1. The van der Waals surface area contributed by atoms with E-state index in [0.717, 1.165) is 12.0 Å². The van der Waals surface area contributed by atoms with Crippen LogP contribution in [0.3, 0.4) is 0 Å². The van der Waals surface area contributed by atoms with Crippen molar-refractivity contribution in [1.82, 2.24) is 25.8 Å². The molecule has 1 aromatic heterocycles. The molecule has 4 aliphatic rings. The first-order valence-corrected chi connectivity index (χ1v) is 13.4. The summed E-state index contributed by atoms with van der Waals surface area (Å²) >= 11 is 0. The van der Waals surface area contributed by atoms with Gasteiger partial charge in [-0.3, -0.25) is 14.6 Å². The average molecular weight is 564 g/mol. The monoisotopic (exact) mass is 563 g/mol. The van der Waals surface area contributed by atoms with E-state index in [1.54, 1.807) is 30.3 Å². The highest BCUT2D eigenvalue weighted by Gasteiger charge is 2.73. The van der Waals surface area contributed by atoms with Gasteiger partial charge >= 0.3 is 0 Å². The minimum Gasteiger partial charge on any atom is -0.492 e. The van der Waals surface area contributed by atoms with Gasteiger partial charge < -0.3 is 47.3 Å². The number of carbonyl (C=O) groups is 2. The Balaban J connectivity index is 1.27. The number of aromatic nitrogens is 1. The van der Waals surface area contributed by atoms with Crippen LogP contribution < -0.4 is 32.2 Å². The van der Waals surface area contributed by atoms with Crippen LogP contribution in [0.5, 0.6) is 5.75 Å². The number of guanidine groups is 2. The van der Waals surface area contributed by atoms with Crippen molar-refractivity contribution >= 4 is 23.7 Å². The lowest BCUT2D eigenvalue weighted by Gasteiger charge is -2.49.